The Balaban J connectivity index is 1.88. The van der Waals surface area contributed by atoms with Crippen LogP contribution < -0.4 is 11.1 Å². The first-order valence-electron chi connectivity index (χ1n) is 10.3. The summed E-state index contributed by atoms with van der Waals surface area (Å²) in [5.74, 6) is -2.21. The lowest BCUT2D eigenvalue weighted by Gasteiger charge is -2.12. The monoisotopic (exact) mass is 522 g/mol. The van der Waals surface area contributed by atoms with Crippen molar-refractivity contribution in [2.24, 2.45) is 5.73 Å². The number of fused-ring (bicyclic) bond motifs is 1. The van der Waals surface area contributed by atoms with Gasteiger partial charge in [-0.3, -0.25) is 14.3 Å². The number of aromatic nitrogens is 5. The molecular formula is C20H17F3N8O4S. The van der Waals surface area contributed by atoms with E-state index in [9.17, 15) is 32.9 Å². The Bertz CT molecular complexity index is 1520. The van der Waals surface area contributed by atoms with Crippen LogP contribution in [-0.4, -0.2) is 41.3 Å². The molecule has 0 atom stereocenters. The molecule has 0 saturated carbocycles. The first-order valence-corrected chi connectivity index (χ1v) is 11.1. The number of nitrogens with one attached hydrogen (secondary N) is 1. The van der Waals surface area contributed by atoms with Crippen molar-refractivity contribution in [3.05, 3.63) is 50.9 Å². The van der Waals surface area contributed by atoms with Gasteiger partial charge in [0.15, 0.2) is 0 Å². The summed E-state index contributed by atoms with van der Waals surface area (Å²) in [7, 11) is 0. The molecule has 4 aromatic rings. The van der Waals surface area contributed by atoms with E-state index in [1.54, 1.807) is 11.6 Å². The van der Waals surface area contributed by atoms with Crippen LogP contribution in [0, 0.1) is 17.0 Å². The standard InChI is InChI=1S/C20H17F3N8O4S/c1-3-30-9(2)11(7-25-30)10-6-12(20(21,22)23)26-19-15(10)16(17(36-19)18(24)33)27-14(32)8-29-5-4-13(28-29)31(34)35/h4-7H,3,8H2,1-2H3,(H2,24,33)(H,27,32). The second-order valence-electron chi connectivity index (χ2n) is 7.54. The summed E-state index contributed by atoms with van der Waals surface area (Å²) >= 11 is 0.607. The molecule has 12 nitrogen and oxygen atoms in total. The number of anilines is 1. The maximum Gasteiger partial charge on any atom is 0.433 e. The third kappa shape index (κ3) is 4.49. The Hall–Kier alpha value is -4.34. The van der Waals surface area contributed by atoms with Crippen LogP contribution in [0.5, 0.6) is 0 Å². The van der Waals surface area contributed by atoms with Crippen LogP contribution in [0.4, 0.5) is 24.7 Å². The lowest BCUT2D eigenvalue weighted by Crippen LogP contribution is -2.21. The fraction of sp³-hybridized carbons (Fsp3) is 0.250. The third-order valence-corrected chi connectivity index (χ3v) is 6.35. The highest BCUT2D eigenvalue weighted by Gasteiger charge is 2.35. The van der Waals surface area contributed by atoms with E-state index in [0.29, 0.717) is 29.1 Å². The second-order valence-corrected chi connectivity index (χ2v) is 8.54. The number of aryl methyl sites for hydroxylation is 1. The van der Waals surface area contributed by atoms with Crippen LogP contribution in [-0.2, 0) is 24.1 Å². The largest absolute Gasteiger partial charge is 0.433 e. The highest BCUT2D eigenvalue weighted by molar-refractivity contribution is 7.21. The maximum absolute atomic E-state index is 13.7. The van der Waals surface area contributed by atoms with Gasteiger partial charge in [0, 0.05) is 23.2 Å². The quantitative estimate of drug-likeness (QED) is 0.278. The van der Waals surface area contributed by atoms with Crippen LogP contribution in [0.15, 0.2) is 24.5 Å². The molecule has 0 aliphatic carbocycles. The molecule has 0 spiro atoms. The number of nitro groups is 1. The molecule has 0 bridgehead atoms. The van der Waals surface area contributed by atoms with Crippen molar-refractivity contribution >= 4 is 44.9 Å². The highest BCUT2D eigenvalue weighted by atomic mass is 32.1. The summed E-state index contributed by atoms with van der Waals surface area (Å²) in [6.45, 7) is 3.48. The first-order chi connectivity index (χ1) is 16.9. The van der Waals surface area contributed by atoms with Crippen LogP contribution >= 0.6 is 11.3 Å². The summed E-state index contributed by atoms with van der Waals surface area (Å²) < 4.78 is 43.6. The van der Waals surface area contributed by atoms with Gasteiger partial charge in [0.1, 0.15) is 21.9 Å². The minimum Gasteiger partial charge on any atom is -0.365 e. The average Bonchev–Trinajstić information content (AvgIpc) is 3.50. The molecule has 4 rings (SSSR count). The zero-order valence-corrected chi connectivity index (χ0v) is 19.5. The number of thiophene rings is 1. The minimum absolute atomic E-state index is 0.0540. The number of carbonyl (C=O) groups is 2. The van der Waals surface area contributed by atoms with Crippen molar-refractivity contribution < 1.29 is 27.7 Å². The highest BCUT2D eigenvalue weighted by Crippen LogP contribution is 2.44. The molecular weight excluding hydrogens is 505 g/mol. The van der Waals surface area contributed by atoms with Gasteiger partial charge in [0.2, 0.25) is 5.91 Å². The molecule has 16 heteroatoms. The Morgan fingerprint density at radius 2 is 2.03 bits per heavy atom. The van der Waals surface area contributed by atoms with E-state index in [0.717, 1.165) is 16.8 Å². The Morgan fingerprint density at radius 3 is 2.58 bits per heavy atom. The van der Waals surface area contributed by atoms with E-state index >= 15 is 0 Å². The van der Waals surface area contributed by atoms with Gasteiger partial charge in [0.25, 0.3) is 5.91 Å². The summed E-state index contributed by atoms with van der Waals surface area (Å²) in [5.41, 5.74) is 5.13. The summed E-state index contributed by atoms with van der Waals surface area (Å²) in [4.78, 5) is 38.3. The molecule has 3 N–H and O–H groups in total. The number of rotatable bonds is 7. The fourth-order valence-electron chi connectivity index (χ4n) is 3.64. The number of carbonyl (C=O) groups excluding carboxylic acids is 2. The van der Waals surface area contributed by atoms with Crippen LogP contribution in [0.3, 0.4) is 0 Å². The van der Waals surface area contributed by atoms with Crippen LogP contribution in [0.2, 0.25) is 0 Å². The normalized spacial score (nSPS) is 11.7. The van der Waals surface area contributed by atoms with Crippen LogP contribution in [0.25, 0.3) is 21.3 Å². The number of hydrogen-bond acceptors (Lipinski definition) is 8. The third-order valence-electron chi connectivity index (χ3n) is 5.25. The molecule has 4 heterocycles. The number of amides is 2. The van der Waals surface area contributed by atoms with Gasteiger partial charge in [-0.05, 0) is 30.4 Å². The average molecular weight is 522 g/mol. The zero-order chi connectivity index (χ0) is 26.4. The molecule has 188 valence electrons. The van der Waals surface area contributed by atoms with Gasteiger partial charge in [0.05, 0.1) is 29.2 Å². The molecule has 36 heavy (non-hydrogen) atoms. The van der Waals surface area contributed by atoms with Gasteiger partial charge in [-0.1, -0.05) is 0 Å². The molecule has 0 radical (unpaired) electrons. The predicted octanol–water partition coefficient (Wildman–Crippen LogP) is 3.35. The van der Waals surface area contributed by atoms with Gasteiger partial charge in [-0.25, -0.2) is 4.98 Å². The molecule has 0 aliphatic rings. The lowest BCUT2D eigenvalue weighted by molar-refractivity contribution is -0.389. The number of primary amides is 1. The molecule has 0 aromatic carbocycles. The number of hydrogen-bond donors (Lipinski definition) is 2. The van der Waals surface area contributed by atoms with Crippen molar-refractivity contribution in [3.63, 3.8) is 0 Å². The number of pyridine rings is 1. The van der Waals surface area contributed by atoms with Crippen molar-refractivity contribution in [2.75, 3.05) is 5.32 Å². The lowest BCUT2D eigenvalue weighted by atomic mass is 10.0. The number of alkyl halides is 3. The Kier molecular flexibility index (Phi) is 6.21. The van der Waals surface area contributed by atoms with E-state index in [1.165, 1.54) is 12.4 Å². The van der Waals surface area contributed by atoms with Crippen molar-refractivity contribution in [1.82, 2.24) is 24.5 Å². The van der Waals surface area contributed by atoms with Gasteiger partial charge in [-0.2, -0.15) is 23.0 Å². The zero-order valence-electron chi connectivity index (χ0n) is 18.7. The number of nitrogens with two attached hydrogens (primary N) is 1. The minimum atomic E-state index is -4.79. The van der Waals surface area contributed by atoms with E-state index < -0.39 is 41.0 Å². The van der Waals surface area contributed by atoms with E-state index in [-0.39, 0.29) is 26.3 Å². The number of nitrogens with zero attached hydrogens (tertiary/aromatic N) is 6. The van der Waals surface area contributed by atoms with E-state index in [1.807, 2.05) is 6.92 Å². The molecule has 0 unspecified atom stereocenters. The summed E-state index contributed by atoms with van der Waals surface area (Å²) in [5, 5.41) is 21.2. The molecule has 0 aliphatic heterocycles. The number of halogens is 3. The fourth-order valence-corrected chi connectivity index (χ4v) is 4.65. The van der Waals surface area contributed by atoms with Crippen LogP contribution in [0.1, 0.15) is 28.0 Å². The van der Waals surface area contributed by atoms with Crippen molar-refractivity contribution in [2.45, 2.75) is 33.1 Å². The Morgan fingerprint density at radius 1 is 1.31 bits per heavy atom. The van der Waals surface area contributed by atoms with E-state index in [4.69, 9.17) is 5.73 Å². The molecule has 0 fully saturated rings. The molecule has 4 aromatic heterocycles. The smallest absolute Gasteiger partial charge is 0.365 e. The van der Waals surface area contributed by atoms with Crippen molar-refractivity contribution in [1.29, 1.82) is 0 Å². The molecule has 2 amide bonds. The van der Waals surface area contributed by atoms with E-state index in [2.05, 4.69) is 20.5 Å². The van der Waals surface area contributed by atoms with Gasteiger partial charge in [-0.15, -0.1) is 11.3 Å². The van der Waals surface area contributed by atoms with Gasteiger partial charge >= 0.3 is 12.0 Å². The Labute approximate surface area is 203 Å². The SMILES string of the molecule is CCn1ncc(-c2cc(C(F)(F)F)nc3sc(C(N)=O)c(NC(=O)Cn4ccc([N+](=O)[O-])n4)c23)c1C. The topological polar surface area (TPSA) is 164 Å². The van der Waals surface area contributed by atoms with Gasteiger partial charge < -0.3 is 21.2 Å². The maximum atomic E-state index is 13.7. The summed E-state index contributed by atoms with van der Waals surface area (Å²) in [6.07, 6.45) is -2.18. The predicted molar refractivity (Wildman–Crippen MR) is 122 cm³/mol. The van der Waals surface area contributed by atoms with Crippen molar-refractivity contribution in [3.8, 4) is 11.1 Å². The molecule has 0 saturated heterocycles. The summed E-state index contributed by atoms with van der Waals surface area (Å²) in [6, 6.07) is 1.92. The first kappa shape index (κ1) is 24.8. The second kappa shape index (κ2) is 9.03.